The summed E-state index contributed by atoms with van der Waals surface area (Å²) in [6, 6.07) is 16.5. The lowest BCUT2D eigenvalue weighted by atomic mass is 9.94. The van der Waals surface area contributed by atoms with E-state index in [1.165, 1.54) is 29.9 Å². The zero-order valence-electron chi connectivity index (χ0n) is 18.8. The Balaban J connectivity index is 1.76. The number of hydrogen-bond donors (Lipinski definition) is 1. The van der Waals surface area contributed by atoms with Gasteiger partial charge in [0.1, 0.15) is 11.9 Å². The maximum Gasteiger partial charge on any atom is 0.248 e. The van der Waals surface area contributed by atoms with Crippen molar-refractivity contribution in [1.82, 2.24) is 5.32 Å². The largest absolute Gasteiger partial charge is 0.351 e. The standard InChI is InChI=1S/C27H29FN2O2S/c1-19-9-5-6-15-24(19)30(25(31)18-23-14-8-16-33-23)26(20-10-7-11-21(28)17-20)27(32)29-22-12-3-2-4-13-22/h5-11,14-17,22,26H,2-4,12-13,18H2,1H3,(H,29,32). The summed E-state index contributed by atoms with van der Waals surface area (Å²) < 4.78 is 14.3. The van der Waals surface area contributed by atoms with Crippen molar-refractivity contribution in [3.8, 4) is 0 Å². The van der Waals surface area contributed by atoms with Crippen molar-refractivity contribution >= 4 is 28.8 Å². The van der Waals surface area contributed by atoms with Crippen LogP contribution in [0, 0.1) is 12.7 Å². The van der Waals surface area contributed by atoms with Crippen LogP contribution in [0.4, 0.5) is 10.1 Å². The first kappa shape index (κ1) is 23.2. The number of benzene rings is 2. The van der Waals surface area contributed by atoms with Crippen LogP contribution in [-0.2, 0) is 16.0 Å². The summed E-state index contributed by atoms with van der Waals surface area (Å²) in [7, 11) is 0. The van der Waals surface area contributed by atoms with Crippen molar-refractivity contribution in [3.63, 3.8) is 0 Å². The fraction of sp³-hybridized carbons (Fsp3) is 0.333. The molecule has 1 aromatic heterocycles. The number of hydrogen-bond acceptors (Lipinski definition) is 3. The first-order chi connectivity index (χ1) is 16.0. The van der Waals surface area contributed by atoms with Crippen molar-refractivity contribution in [2.75, 3.05) is 4.90 Å². The molecule has 0 aliphatic heterocycles. The highest BCUT2D eigenvalue weighted by Gasteiger charge is 2.35. The van der Waals surface area contributed by atoms with Crippen LogP contribution in [-0.4, -0.2) is 17.9 Å². The fourth-order valence-electron chi connectivity index (χ4n) is 4.52. The summed E-state index contributed by atoms with van der Waals surface area (Å²) >= 11 is 1.51. The average molecular weight is 465 g/mol. The van der Waals surface area contributed by atoms with Gasteiger partial charge in [0, 0.05) is 16.6 Å². The summed E-state index contributed by atoms with van der Waals surface area (Å²) in [6.45, 7) is 1.92. The summed E-state index contributed by atoms with van der Waals surface area (Å²) in [5.74, 6) is -0.895. The first-order valence-corrected chi connectivity index (χ1v) is 12.4. The molecule has 0 bridgehead atoms. The number of nitrogens with one attached hydrogen (secondary N) is 1. The Morgan fingerprint density at radius 2 is 1.85 bits per heavy atom. The van der Waals surface area contributed by atoms with Gasteiger partial charge in [-0.25, -0.2) is 4.39 Å². The molecule has 1 saturated carbocycles. The van der Waals surface area contributed by atoms with Gasteiger partial charge in [0.25, 0.3) is 0 Å². The van der Waals surface area contributed by atoms with Crippen molar-refractivity contribution in [2.45, 2.75) is 57.5 Å². The molecule has 1 aliphatic rings. The van der Waals surface area contributed by atoms with Crippen LogP contribution >= 0.6 is 11.3 Å². The number of carbonyl (C=O) groups is 2. The molecule has 4 nitrogen and oxygen atoms in total. The van der Waals surface area contributed by atoms with Gasteiger partial charge in [0.15, 0.2) is 0 Å². The summed E-state index contributed by atoms with van der Waals surface area (Å²) in [4.78, 5) is 29.9. The fourth-order valence-corrected chi connectivity index (χ4v) is 5.22. The molecular formula is C27H29FN2O2S. The average Bonchev–Trinajstić information content (AvgIpc) is 3.31. The number of nitrogens with zero attached hydrogens (tertiary/aromatic N) is 1. The summed E-state index contributed by atoms with van der Waals surface area (Å²) in [6.07, 6.45) is 5.36. The number of carbonyl (C=O) groups excluding carboxylic acids is 2. The van der Waals surface area contributed by atoms with Crippen LogP contribution in [0.25, 0.3) is 0 Å². The van der Waals surface area contributed by atoms with E-state index in [2.05, 4.69) is 5.32 Å². The van der Waals surface area contributed by atoms with E-state index in [-0.39, 0.29) is 24.3 Å². The van der Waals surface area contributed by atoms with E-state index < -0.39 is 11.9 Å². The summed E-state index contributed by atoms with van der Waals surface area (Å²) in [5.41, 5.74) is 2.00. The van der Waals surface area contributed by atoms with E-state index in [1.807, 2.05) is 48.7 Å². The van der Waals surface area contributed by atoms with Crippen LogP contribution < -0.4 is 10.2 Å². The predicted molar refractivity (Wildman–Crippen MR) is 131 cm³/mol. The zero-order valence-corrected chi connectivity index (χ0v) is 19.6. The van der Waals surface area contributed by atoms with E-state index in [9.17, 15) is 14.0 Å². The molecule has 1 atom stereocenters. The maximum atomic E-state index is 14.3. The lowest BCUT2D eigenvalue weighted by Gasteiger charge is -2.34. The van der Waals surface area contributed by atoms with Gasteiger partial charge in [-0.2, -0.15) is 0 Å². The molecule has 4 rings (SSSR count). The van der Waals surface area contributed by atoms with Crippen LogP contribution in [0.1, 0.15) is 54.1 Å². The van der Waals surface area contributed by atoms with Gasteiger partial charge in [-0.3, -0.25) is 14.5 Å². The third-order valence-electron chi connectivity index (χ3n) is 6.17. The third-order valence-corrected chi connectivity index (χ3v) is 7.05. The smallest absolute Gasteiger partial charge is 0.248 e. The van der Waals surface area contributed by atoms with Crippen LogP contribution in [0.3, 0.4) is 0 Å². The highest BCUT2D eigenvalue weighted by molar-refractivity contribution is 7.10. The molecule has 1 heterocycles. The second-order valence-electron chi connectivity index (χ2n) is 8.61. The van der Waals surface area contributed by atoms with Crippen molar-refractivity contribution in [1.29, 1.82) is 0 Å². The Morgan fingerprint density at radius 3 is 2.55 bits per heavy atom. The van der Waals surface area contributed by atoms with Crippen molar-refractivity contribution in [3.05, 3.63) is 87.9 Å². The second kappa shape index (κ2) is 10.8. The Morgan fingerprint density at radius 1 is 1.06 bits per heavy atom. The molecule has 2 amide bonds. The number of amides is 2. The molecule has 1 fully saturated rings. The number of anilines is 1. The number of rotatable bonds is 7. The van der Waals surface area contributed by atoms with Gasteiger partial charge in [0.2, 0.25) is 11.8 Å². The van der Waals surface area contributed by atoms with E-state index in [1.54, 1.807) is 17.0 Å². The van der Waals surface area contributed by atoms with Crippen LogP contribution in [0.2, 0.25) is 0 Å². The SMILES string of the molecule is Cc1ccccc1N(C(=O)Cc1cccs1)C(C(=O)NC1CCCCC1)c1cccc(F)c1. The normalized spacial score (nSPS) is 15.1. The van der Waals surface area contributed by atoms with Gasteiger partial charge in [-0.1, -0.05) is 55.7 Å². The van der Waals surface area contributed by atoms with E-state index >= 15 is 0 Å². The minimum atomic E-state index is -0.962. The highest BCUT2D eigenvalue weighted by Crippen LogP contribution is 2.32. The lowest BCUT2D eigenvalue weighted by Crippen LogP contribution is -2.48. The molecule has 33 heavy (non-hydrogen) atoms. The number of thiophene rings is 1. The quantitative estimate of drug-likeness (QED) is 0.469. The van der Waals surface area contributed by atoms with Crippen LogP contribution in [0.15, 0.2) is 66.0 Å². The first-order valence-electron chi connectivity index (χ1n) is 11.5. The monoisotopic (exact) mass is 464 g/mol. The lowest BCUT2D eigenvalue weighted by molar-refractivity contribution is -0.127. The molecule has 1 aliphatic carbocycles. The van der Waals surface area contributed by atoms with E-state index in [4.69, 9.17) is 0 Å². The Bertz CT molecular complexity index is 1090. The van der Waals surface area contributed by atoms with Crippen molar-refractivity contribution < 1.29 is 14.0 Å². The third kappa shape index (κ3) is 5.69. The topological polar surface area (TPSA) is 49.4 Å². The van der Waals surface area contributed by atoms with E-state index in [0.29, 0.717) is 11.3 Å². The minimum absolute atomic E-state index is 0.0772. The van der Waals surface area contributed by atoms with Crippen molar-refractivity contribution in [2.24, 2.45) is 0 Å². The van der Waals surface area contributed by atoms with Gasteiger partial charge in [0.05, 0.1) is 6.42 Å². The minimum Gasteiger partial charge on any atom is -0.351 e. The number of para-hydroxylation sites is 1. The molecule has 2 aromatic carbocycles. The second-order valence-corrected chi connectivity index (χ2v) is 9.64. The van der Waals surface area contributed by atoms with Gasteiger partial charge < -0.3 is 5.32 Å². The Labute approximate surface area is 198 Å². The van der Waals surface area contributed by atoms with Gasteiger partial charge in [-0.05, 0) is 60.5 Å². The molecule has 0 saturated heterocycles. The maximum absolute atomic E-state index is 14.3. The molecule has 1 unspecified atom stereocenters. The Kier molecular flexibility index (Phi) is 7.55. The molecular weight excluding hydrogens is 435 g/mol. The Hall–Kier alpha value is -2.99. The molecule has 0 radical (unpaired) electrons. The number of halogens is 1. The molecule has 1 N–H and O–H groups in total. The summed E-state index contributed by atoms with van der Waals surface area (Å²) in [5, 5.41) is 5.10. The highest BCUT2D eigenvalue weighted by atomic mass is 32.1. The zero-order chi connectivity index (χ0) is 23.2. The van der Waals surface area contributed by atoms with Gasteiger partial charge in [-0.15, -0.1) is 11.3 Å². The van der Waals surface area contributed by atoms with Crippen LogP contribution in [0.5, 0.6) is 0 Å². The molecule has 0 spiro atoms. The molecule has 6 heteroatoms. The number of aryl methyl sites for hydroxylation is 1. The predicted octanol–water partition coefficient (Wildman–Crippen LogP) is 5.96. The molecule has 172 valence electrons. The van der Waals surface area contributed by atoms with Gasteiger partial charge >= 0.3 is 0 Å². The molecule has 3 aromatic rings. The van der Waals surface area contributed by atoms with E-state index in [0.717, 1.165) is 36.1 Å².